The number of nitrogen functional groups attached to an aromatic ring is 1. The molecule has 0 amide bonds. The molecule has 0 aliphatic heterocycles. The number of fused-ring (bicyclic) bond motifs is 1. The summed E-state index contributed by atoms with van der Waals surface area (Å²) in [5.41, 5.74) is 7.93. The maximum atomic E-state index is 10.6. The standard InChI is InChI=1S/C10H10N2O2/c11-7-1-2-8-3-4-9(5-10(13)14)12(8)6-7/h1-4,6H,5,11H2,(H,13,14). The molecule has 2 rings (SSSR count). The molecule has 2 aromatic heterocycles. The van der Waals surface area contributed by atoms with Crippen LogP contribution in [0.1, 0.15) is 5.69 Å². The van der Waals surface area contributed by atoms with E-state index in [1.165, 1.54) is 0 Å². The number of pyridine rings is 1. The average molecular weight is 190 g/mol. The maximum Gasteiger partial charge on any atom is 0.309 e. The van der Waals surface area contributed by atoms with Crippen molar-refractivity contribution in [2.45, 2.75) is 6.42 Å². The molecule has 0 aliphatic rings. The summed E-state index contributed by atoms with van der Waals surface area (Å²) in [6.45, 7) is 0. The highest BCUT2D eigenvalue weighted by atomic mass is 16.4. The summed E-state index contributed by atoms with van der Waals surface area (Å²) in [6.07, 6.45) is 1.74. The Morgan fingerprint density at radius 2 is 2.07 bits per heavy atom. The van der Waals surface area contributed by atoms with Crippen molar-refractivity contribution in [2.24, 2.45) is 0 Å². The van der Waals surface area contributed by atoms with Gasteiger partial charge in [0.15, 0.2) is 0 Å². The van der Waals surface area contributed by atoms with Crippen LogP contribution in [0.2, 0.25) is 0 Å². The topological polar surface area (TPSA) is 67.7 Å². The minimum atomic E-state index is -0.840. The van der Waals surface area contributed by atoms with Gasteiger partial charge in [0.1, 0.15) is 0 Å². The Bertz CT molecular complexity index is 488. The highest BCUT2D eigenvalue weighted by Crippen LogP contribution is 2.13. The molecular formula is C10H10N2O2. The number of carbonyl (C=O) groups is 1. The quantitative estimate of drug-likeness (QED) is 0.746. The van der Waals surface area contributed by atoms with Crippen LogP contribution in [-0.2, 0) is 11.2 Å². The highest BCUT2D eigenvalue weighted by Gasteiger charge is 2.05. The van der Waals surface area contributed by atoms with Crippen molar-refractivity contribution in [3.05, 3.63) is 36.2 Å². The van der Waals surface area contributed by atoms with Crippen LogP contribution < -0.4 is 5.73 Å². The van der Waals surface area contributed by atoms with Crippen LogP contribution in [0.3, 0.4) is 0 Å². The number of aliphatic carboxylic acids is 1. The fraction of sp³-hybridized carbons (Fsp3) is 0.100. The summed E-state index contributed by atoms with van der Waals surface area (Å²) in [5.74, 6) is -0.840. The molecular weight excluding hydrogens is 180 g/mol. The van der Waals surface area contributed by atoms with E-state index in [-0.39, 0.29) is 6.42 Å². The first kappa shape index (κ1) is 8.62. The Labute approximate surface area is 80.6 Å². The minimum Gasteiger partial charge on any atom is -0.481 e. The Kier molecular flexibility index (Phi) is 1.89. The Balaban J connectivity index is 2.55. The lowest BCUT2D eigenvalue weighted by atomic mass is 10.3. The third kappa shape index (κ3) is 1.42. The Morgan fingerprint density at radius 3 is 2.79 bits per heavy atom. The van der Waals surface area contributed by atoms with E-state index in [0.717, 1.165) is 11.2 Å². The van der Waals surface area contributed by atoms with Crippen LogP contribution in [0, 0.1) is 0 Å². The first-order valence-corrected chi connectivity index (χ1v) is 4.24. The van der Waals surface area contributed by atoms with Crippen LogP contribution >= 0.6 is 0 Å². The number of nitrogens with two attached hydrogens (primary N) is 1. The van der Waals surface area contributed by atoms with E-state index in [0.29, 0.717) is 5.69 Å². The number of nitrogens with zero attached hydrogens (tertiary/aromatic N) is 1. The van der Waals surface area contributed by atoms with Gasteiger partial charge in [-0.3, -0.25) is 4.79 Å². The van der Waals surface area contributed by atoms with Crippen LogP contribution in [0.4, 0.5) is 5.69 Å². The van der Waals surface area contributed by atoms with Gasteiger partial charge in [0.25, 0.3) is 0 Å². The second-order valence-electron chi connectivity index (χ2n) is 3.15. The lowest BCUT2D eigenvalue weighted by Crippen LogP contribution is -2.03. The van der Waals surface area contributed by atoms with Crippen molar-refractivity contribution >= 4 is 17.2 Å². The number of hydrogen-bond acceptors (Lipinski definition) is 2. The molecule has 72 valence electrons. The molecule has 0 saturated heterocycles. The van der Waals surface area contributed by atoms with Crippen LogP contribution in [0.25, 0.3) is 5.52 Å². The molecule has 14 heavy (non-hydrogen) atoms. The van der Waals surface area contributed by atoms with E-state index < -0.39 is 5.97 Å². The summed E-state index contributed by atoms with van der Waals surface area (Å²) in [7, 11) is 0. The largest absolute Gasteiger partial charge is 0.481 e. The third-order valence-electron chi connectivity index (χ3n) is 2.09. The van der Waals surface area contributed by atoms with Gasteiger partial charge in [0.2, 0.25) is 0 Å². The van der Waals surface area contributed by atoms with Crippen molar-refractivity contribution in [2.75, 3.05) is 5.73 Å². The summed E-state index contributed by atoms with van der Waals surface area (Å²) < 4.78 is 1.80. The van der Waals surface area contributed by atoms with Gasteiger partial charge >= 0.3 is 5.97 Å². The zero-order valence-electron chi connectivity index (χ0n) is 7.47. The lowest BCUT2D eigenvalue weighted by molar-refractivity contribution is -0.136. The number of anilines is 1. The van der Waals surface area contributed by atoms with E-state index in [9.17, 15) is 4.79 Å². The van der Waals surface area contributed by atoms with Gasteiger partial charge in [-0.1, -0.05) is 0 Å². The molecule has 0 aromatic carbocycles. The summed E-state index contributed by atoms with van der Waals surface area (Å²) in [6, 6.07) is 7.32. The van der Waals surface area contributed by atoms with Crippen LogP contribution in [0.5, 0.6) is 0 Å². The first-order chi connectivity index (χ1) is 6.66. The molecule has 0 radical (unpaired) electrons. The van der Waals surface area contributed by atoms with Gasteiger partial charge in [-0.25, -0.2) is 0 Å². The number of rotatable bonds is 2. The molecule has 0 atom stereocenters. The summed E-state index contributed by atoms with van der Waals surface area (Å²) >= 11 is 0. The molecule has 0 spiro atoms. The summed E-state index contributed by atoms with van der Waals surface area (Å²) in [5, 5.41) is 8.67. The van der Waals surface area contributed by atoms with Gasteiger partial charge in [0, 0.05) is 23.1 Å². The molecule has 0 fully saturated rings. The second-order valence-corrected chi connectivity index (χ2v) is 3.15. The molecule has 0 unspecified atom stereocenters. The molecule has 4 nitrogen and oxygen atoms in total. The number of hydrogen-bond donors (Lipinski definition) is 2. The molecule has 2 aromatic rings. The third-order valence-corrected chi connectivity index (χ3v) is 2.09. The molecule has 2 heterocycles. The second kappa shape index (κ2) is 3.06. The van der Waals surface area contributed by atoms with Gasteiger partial charge in [-0.2, -0.15) is 0 Å². The zero-order chi connectivity index (χ0) is 10.1. The molecule has 0 saturated carbocycles. The minimum absolute atomic E-state index is 0.0115. The SMILES string of the molecule is Nc1ccc2ccc(CC(=O)O)n2c1. The van der Waals surface area contributed by atoms with Gasteiger partial charge in [-0.05, 0) is 24.3 Å². The van der Waals surface area contributed by atoms with E-state index in [1.807, 2.05) is 12.1 Å². The van der Waals surface area contributed by atoms with Gasteiger partial charge in [-0.15, -0.1) is 0 Å². The normalized spacial score (nSPS) is 10.6. The van der Waals surface area contributed by atoms with E-state index >= 15 is 0 Å². The predicted octanol–water partition coefficient (Wildman–Crippen LogP) is 1.15. The molecule has 0 bridgehead atoms. The zero-order valence-corrected chi connectivity index (χ0v) is 7.47. The fourth-order valence-corrected chi connectivity index (χ4v) is 1.47. The number of carboxylic acid groups (broad SMARTS) is 1. The van der Waals surface area contributed by atoms with E-state index in [4.69, 9.17) is 10.8 Å². The van der Waals surface area contributed by atoms with Gasteiger partial charge < -0.3 is 15.2 Å². The van der Waals surface area contributed by atoms with Crippen LogP contribution in [0.15, 0.2) is 30.5 Å². The molecule has 4 heteroatoms. The van der Waals surface area contributed by atoms with Crippen molar-refractivity contribution in [1.82, 2.24) is 4.40 Å². The smallest absolute Gasteiger partial charge is 0.309 e. The lowest BCUT2D eigenvalue weighted by Gasteiger charge is -2.01. The van der Waals surface area contributed by atoms with Crippen molar-refractivity contribution < 1.29 is 9.90 Å². The number of aromatic nitrogens is 1. The fourth-order valence-electron chi connectivity index (χ4n) is 1.47. The number of carboxylic acids is 1. The van der Waals surface area contributed by atoms with Crippen LogP contribution in [-0.4, -0.2) is 15.5 Å². The highest BCUT2D eigenvalue weighted by molar-refractivity contribution is 5.70. The average Bonchev–Trinajstić information content (AvgIpc) is 2.47. The van der Waals surface area contributed by atoms with Crippen molar-refractivity contribution in [3.63, 3.8) is 0 Å². The van der Waals surface area contributed by atoms with E-state index in [2.05, 4.69) is 0 Å². The predicted molar refractivity (Wildman–Crippen MR) is 53.1 cm³/mol. The molecule has 0 aliphatic carbocycles. The Hall–Kier alpha value is -1.97. The summed E-state index contributed by atoms with van der Waals surface area (Å²) in [4.78, 5) is 10.6. The maximum absolute atomic E-state index is 10.6. The van der Waals surface area contributed by atoms with Crippen molar-refractivity contribution in [3.8, 4) is 0 Å². The molecule has 3 N–H and O–H groups in total. The monoisotopic (exact) mass is 190 g/mol. The Morgan fingerprint density at radius 1 is 1.36 bits per heavy atom. The first-order valence-electron chi connectivity index (χ1n) is 4.24. The van der Waals surface area contributed by atoms with Crippen molar-refractivity contribution in [1.29, 1.82) is 0 Å². The van der Waals surface area contributed by atoms with Gasteiger partial charge in [0.05, 0.1) is 6.42 Å². The van der Waals surface area contributed by atoms with E-state index in [1.54, 1.807) is 22.7 Å².